The van der Waals surface area contributed by atoms with Gasteiger partial charge in [-0.15, -0.1) is 5.10 Å². The molecule has 0 aliphatic heterocycles. The van der Waals surface area contributed by atoms with Gasteiger partial charge in [-0.3, -0.25) is 0 Å². The van der Waals surface area contributed by atoms with Gasteiger partial charge >= 0.3 is 6.09 Å². The molecule has 1 aromatic heterocycles. The molecule has 0 saturated carbocycles. The van der Waals surface area contributed by atoms with E-state index >= 15 is 0 Å². The monoisotopic (exact) mass is 145 g/mol. The van der Waals surface area contributed by atoms with E-state index in [2.05, 4.69) is 20.1 Å². The number of aromatic nitrogens is 2. The molecule has 0 atom stereocenters. The van der Waals surface area contributed by atoms with E-state index in [0.717, 1.165) is 11.5 Å². The first kappa shape index (κ1) is 5.96. The van der Waals surface area contributed by atoms with E-state index in [1.807, 2.05) is 0 Å². The van der Waals surface area contributed by atoms with Crippen LogP contribution in [-0.2, 0) is 0 Å². The molecular formula is C3H3N3O2S. The topological polar surface area (TPSA) is 78.1 Å². The molecule has 0 saturated heterocycles. The van der Waals surface area contributed by atoms with Crippen molar-refractivity contribution >= 4 is 17.6 Å². The number of amides is 1. The molecule has 1 aromatic rings. The molecule has 6 heteroatoms. The fourth-order valence-electron chi connectivity index (χ4n) is 0.302. The highest BCUT2D eigenvalue weighted by Crippen LogP contribution is 2.11. The highest BCUT2D eigenvalue weighted by Gasteiger charge is 1.98. The van der Waals surface area contributed by atoms with Crippen molar-refractivity contribution in [2.75, 3.05) is 0 Å². The quantitative estimate of drug-likeness (QED) is 0.603. The van der Waals surface area contributed by atoms with Gasteiger partial charge in [-0.05, 0) is 0 Å². The minimum absolute atomic E-state index is 0.308. The number of ether oxygens (including phenoxy) is 1. The summed E-state index contributed by atoms with van der Waals surface area (Å²) in [5.41, 5.74) is 4.67. The standard InChI is InChI=1S/C3H3N3O2S/c4-3(7)8-2-1-5-6-9-2/h1H,(H2,4,7). The third-order valence-corrected chi connectivity index (χ3v) is 1.09. The first-order chi connectivity index (χ1) is 4.29. The van der Waals surface area contributed by atoms with Crippen molar-refractivity contribution in [2.45, 2.75) is 0 Å². The Hall–Kier alpha value is -1.17. The highest BCUT2D eigenvalue weighted by atomic mass is 32.1. The Bertz CT molecular complexity index is 197. The first-order valence-corrected chi connectivity index (χ1v) is 2.81. The summed E-state index contributed by atoms with van der Waals surface area (Å²) in [5, 5.41) is 3.72. The summed E-state index contributed by atoms with van der Waals surface area (Å²) in [6.45, 7) is 0. The van der Waals surface area contributed by atoms with Crippen LogP contribution in [0.4, 0.5) is 4.79 Å². The summed E-state index contributed by atoms with van der Waals surface area (Å²) in [6, 6.07) is 0. The van der Waals surface area contributed by atoms with Gasteiger partial charge in [-0.2, -0.15) is 0 Å². The fourth-order valence-corrected chi connectivity index (χ4v) is 0.691. The maximum Gasteiger partial charge on any atom is 0.410 e. The van der Waals surface area contributed by atoms with Crippen molar-refractivity contribution in [1.29, 1.82) is 0 Å². The lowest BCUT2D eigenvalue weighted by Crippen LogP contribution is -2.15. The molecule has 9 heavy (non-hydrogen) atoms. The SMILES string of the molecule is NC(=O)Oc1cnns1. The average Bonchev–Trinajstić information content (AvgIpc) is 2.15. The van der Waals surface area contributed by atoms with E-state index in [4.69, 9.17) is 0 Å². The summed E-state index contributed by atoms with van der Waals surface area (Å²) in [5.74, 6) is 0. The van der Waals surface area contributed by atoms with Crippen LogP contribution in [0.2, 0.25) is 0 Å². The molecule has 1 rings (SSSR count). The van der Waals surface area contributed by atoms with Crippen LogP contribution in [-0.4, -0.2) is 15.7 Å². The average molecular weight is 145 g/mol. The molecular weight excluding hydrogens is 142 g/mol. The van der Waals surface area contributed by atoms with Crippen molar-refractivity contribution in [1.82, 2.24) is 9.59 Å². The molecule has 0 unspecified atom stereocenters. The van der Waals surface area contributed by atoms with Gasteiger partial charge < -0.3 is 10.5 Å². The predicted molar refractivity (Wildman–Crippen MR) is 30.1 cm³/mol. The number of hydrogen-bond donors (Lipinski definition) is 1. The second kappa shape index (κ2) is 2.40. The summed E-state index contributed by atoms with van der Waals surface area (Å²) in [4.78, 5) is 10.0. The Kier molecular flexibility index (Phi) is 1.59. The smallest absolute Gasteiger partial charge is 0.396 e. The molecule has 0 spiro atoms. The van der Waals surface area contributed by atoms with Crippen molar-refractivity contribution < 1.29 is 9.53 Å². The summed E-state index contributed by atoms with van der Waals surface area (Å²) in [6.07, 6.45) is 0.469. The molecule has 0 aliphatic rings. The Labute approximate surface area is 54.6 Å². The zero-order valence-electron chi connectivity index (χ0n) is 4.27. The molecule has 0 aliphatic carbocycles. The van der Waals surface area contributed by atoms with E-state index in [1.165, 1.54) is 6.20 Å². The van der Waals surface area contributed by atoms with Crippen LogP contribution in [0, 0.1) is 0 Å². The third-order valence-electron chi connectivity index (χ3n) is 0.542. The van der Waals surface area contributed by atoms with Crippen molar-refractivity contribution in [3.63, 3.8) is 0 Å². The molecule has 0 radical (unpaired) electrons. The van der Waals surface area contributed by atoms with Crippen molar-refractivity contribution in [2.24, 2.45) is 5.73 Å². The van der Waals surface area contributed by atoms with E-state index < -0.39 is 6.09 Å². The predicted octanol–water partition coefficient (Wildman–Crippen LogP) is -0.00440. The second-order valence-electron chi connectivity index (χ2n) is 1.16. The van der Waals surface area contributed by atoms with Gasteiger partial charge in [-0.25, -0.2) is 4.79 Å². The molecule has 0 fully saturated rings. The van der Waals surface area contributed by atoms with E-state index in [0.29, 0.717) is 5.06 Å². The van der Waals surface area contributed by atoms with E-state index in [1.54, 1.807) is 0 Å². The molecule has 1 heterocycles. The number of nitrogens with zero attached hydrogens (tertiary/aromatic N) is 2. The lowest BCUT2D eigenvalue weighted by atomic mass is 10.9. The van der Waals surface area contributed by atoms with Gasteiger partial charge in [0.05, 0.1) is 0 Å². The van der Waals surface area contributed by atoms with Gasteiger partial charge in [0.2, 0.25) is 5.06 Å². The Morgan fingerprint density at radius 2 is 2.67 bits per heavy atom. The van der Waals surface area contributed by atoms with E-state index in [-0.39, 0.29) is 0 Å². The Morgan fingerprint density at radius 3 is 3.11 bits per heavy atom. The molecule has 1 amide bonds. The number of rotatable bonds is 1. The fraction of sp³-hybridized carbons (Fsp3) is 0. The zero-order chi connectivity index (χ0) is 6.69. The minimum Gasteiger partial charge on any atom is -0.396 e. The normalized spacial score (nSPS) is 8.89. The minimum atomic E-state index is -0.846. The van der Waals surface area contributed by atoms with Gasteiger partial charge in [0.25, 0.3) is 0 Å². The number of nitrogens with two attached hydrogens (primary N) is 1. The van der Waals surface area contributed by atoms with Crippen molar-refractivity contribution in [3.05, 3.63) is 6.20 Å². The molecule has 48 valence electrons. The van der Waals surface area contributed by atoms with Crippen LogP contribution in [0.5, 0.6) is 5.06 Å². The lowest BCUT2D eigenvalue weighted by Gasteiger charge is -1.89. The molecule has 5 nitrogen and oxygen atoms in total. The van der Waals surface area contributed by atoms with Gasteiger partial charge in [0, 0.05) is 11.5 Å². The Balaban J connectivity index is 2.58. The van der Waals surface area contributed by atoms with Crippen molar-refractivity contribution in [3.8, 4) is 5.06 Å². The summed E-state index contributed by atoms with van der Waals surface area (Å²) >= 11 is 0.967. The maximum absolute atomic E-state index is 10.0. The largest absolute Gasteiger partial charge is 0.410 e. The third kappa shape index (κ3) is 1.65. The van der Waals surface area contributed by atoms with Gasteiger partial charge in [0.15, 0.2) is 0 Å². The van der Waals surface area contributed by atoms with Crippen LogP contribution in [0.25, 0.3) is 0 Å². The van der Waals surface area contributed by atoms with Crippen LogP contribution in [0.1, 0.15) is 0 Å². The summed E-state index contributed by atoms with van der Waals surface area (Å²) < 4.78 is 7.82. The number of carbonyl (C=O) groups excluding carboxylic acids is 1. The Morgan fingerprint density at radius 1 is 1.89 bits per heavy atom. The van der Waals surface area contributed by atoms with Crippen LogP contribution in [0.3, 0.4) is 0 Å². The first-order valence-electron chi connectivity index (χ1n) is 2.03. The zero-order valence-corrected chi connectivity index (χ0v) is 5.09. The van der Waals surface area contributed by atoms with Gasteiger partial charge in [0.1, 0.15) is 6.20 Å². The lowest BCUT2D eigenvalue weighted by molar-refractivity contribution is 0.212. The number of carbonyl (C=O) groups is 1. The number of hydrogen-bond acceptors (Lipinski definition) is 5. The van der Waals surface area contributed by atoms with Crippen LogP contribution >= 0.6 is 11.5 Å². The van der Waals surface area contributed by atoms with Crippen LogP contribution < -0.4 is 10.5 Å². The van der Waals surface area contributed by atoms with Crippen LogP contribution in [0.15, 0.2) is 6.20 Å². The highest BCUT2D eigenvalue weighted by molar-refractivity contribution is 7.07. The second-order valence-corrected chi connectivity index (χ2v) is 1.91. The van der Waals surface area contributed by atoms with Gasteiger partial charge in [-0.1, -0.05) is 4.49 Å². The molecule has 2 N–H and O–H groups in total. The maximum atomic E-state index is 10.0. The molecule has 0 aromatic carbocycles. The number of primary amides is 1. The van der Waals surface area contributed by atoms with E-state index in [9.17, 15) is 4.79 Å². The molecule has 0 bridgehead atoms. The summed E-state index contributed by atoms with van der Waals surface area (Å²) in [7, 11) is 0.